The number of amides is 1. The number of thioether (sulfide) groups is 1. The van der Waals surface area contributed by atoms with Crippen LogP contribution in [0, 0.1) is 6.92 Å². The van der Waals surface area contributed by atoms with E-state index in [1.54, 1.807) is 11.0 Å². The summed E-state index contributed by atoms with van der Waals surface area (Å²) in [7, 11) is 0. The van der Waals surface area contributed by atoms with Crippen LogP contribution >= 0.6 is 34.7 Å². The van der Waals surface area contributed by atoms with Crippen LogP contribution in [0.25, 0.3) is 17.4 Å². The van der Waals surface area contributed by atoms with Gasteiger partial charge >= 0.3 is 0 Å². The molecule has 5 nitrogen and oxygen atoms in total. The molecule has 32 heavy (non-hydrogen) atoms. The van der Waals surface area contributed by atoms with Gasteiger partial charge in [-0.15, -0.1) is 11.3 Å². The van der Waals surface area contributed by atoms with Gasteiger partial charge in [-0.25, -0.2) is 4.98 Å². The maximum atomic E-state index is 13.3. The monoisotopic (exact) mass is 477 g/mol. The number of halogens is 1. The van der Waals surface area contributed by atoms with Crippen LogP contribution in [0.15, 0.2) is 86.4 Å². The van der Waals surface area contributed by atoms with E-state index in [2.05, 4.69) is 9.98 Å². The second kappa shape index (κ2) is 8.78. The molecule has 0 spiro atoms. The van der Waals surface area contributed by atoms with Gasteiger partial charge in [-0.05, 0) is 55.1 Å². The minimum Gasteiger partial charge on any atom is -0.457 e. The lowest BCUT2D eigenvalue weighted by molar-refractivity contribution is -0.113. The minimum absolute atomic E-state index is 0.163. The number of hydrogen-bond donors (Lipinski definition) is 0. The third-order valence-electron chi connectivity index (χ3n) is 4.66. The molecule has 1 amide bonds. The van der Waals surface area contributed by atoms with Crippen LogP contribution in [-0.2, 0) is 4.79 Å². The molecule has 8 heteroatoms. The lowest BCUT2D eigenvalue weighted by atomic mass is 10.2. The lowest BCUT2D eigenvalue weighted by Gasteiger charge is -2.14. The number of amidine groups is 1. The summed E-state index contributed by atoms with van der Waals surface area (Å²) in [5, 5.41) is 3.71. The Labute approximate surface area is 198 Å². The number of nitrogens with zero attached hydrogens (tertiary/aromatic N) is 3. The highest BCUT2D eigenvalue weighted by Gasteiger charge is 2.35. The molecule has 4 aromatic rings. The number of rotatable bonds is 4. The molecule has 5 rings (SSSR count). The van der Waals surface area contributed by atoms with E-state index in [-0.39, 0.29) is 5.91 Å². The number of aliphatic imine (C=N–C) groups is 1. The number of carbonyl (C=O) groups is 1. The van der Waals surface area contributed by atoms with Gasteiger partial charge in [0.25, 0.3) is 5.91 Å². The first-order valence-corrected chi connectivity index (χ1v) is 11.8. The third kappa shape index (κ3) is 4.14. The molecule has 1 saturated heterocycles. The Kier molecular flexibility index (Phi) is 5.70. The molecule has 0 saturated carbocycles. The number of anilines is 1. The number of thiazole rings is 1. The third-order valence-corrected chi connectivity index (χ3v) is 6.81. The van der Waals surface area contributed by atoms with Crippen molar-refractivity contribution in [3.63, 3.8) is 0 Å². The van der Waals surface area contributed by atoms with Gasteiger partial charge in [0.1, 0.15) is 11.5 Å². The largest absolute Gasteiger partial charge is 0.457 e. The predicted molar refractivity (Wildman–Crippen MR) is 133 cm³/mol. The van der Waals surface area contributed by atoms with Gasteiger partial charge < -0.3 is 4.42 Å². The summed E-state index contributed by atoms with van der Waals surface area (Å²) in [6.45, 7) is 1.92. The Bertz CT molecular complexity index is 1360. The normalized spacial score (nSPS) is 16.4. The highest BCUT2D eigenvalue weighted by molar-refractivity contribution is 8.19. The van der Waals surface area contributed by atoms with Gasteiger partial charge in [0.15, 0.2) is 5.17 Å². The average Bonchev–Trinajstić information content (AvgIpc) is 3.50. The zero-order valence-corrected chi connectivity index (χ0v) is 19.2. The first kappa shape index (κ1) is 20.8. The van der Waals surface area contributed by atoms with E-state index in [1.165, 1.54) is 23.1 Å². The highest BCUT2D eigenvalue weighted by atomic mass is 35.5. The number of hydrogen-bond acceptors (Lipinski definition) is 6. The van der Waals surface area contributed by atoms with Gasteiger partial charge in [0.05, 0.1) is 21.3 Å². The molecule has 158 valence electrons. The van der Waals surface area contributed by atoms with Crippen LogP contribution < -0.4 is 4.90 Å². The first-order chi connectivity index (χ1) is 15.6. The van der Waals surface area contributed by atoms with Gasteiger partial charge in [0.2, 0.25) is 5.13 Å². The first-order valence-electron chi connectivity index (χ1n) is 9.73. The number of para-hydroxylation sites is 1. The van der Waals surface area contributed by atoms with Crippen molar-refractivity contribution in [2.75, 3.05) is 4.90 Å². The van der Waals surface area contributed by atoms with Crippen LogP contribution in [0.2, 0.25) is 5.02 Å². The molecule has 1 aliphatic heterocycles. The summed E-state index contributed by atoms with van der Waals surface area (Å²) < 4.78 is 5.96. The smallest absolute Gasteiger partial charge is 0.271 e. The summed E-state index contributed by atoms with van der Waals surface area (Å²) in [6, 6.07) is 20.6. The average molecular weight is 478 g/mol. The van der Waals surface area contributed by atoms with Crippen molar-refractivity contribution in [3.8, 4) is 11.3 Å². The second-order valence-electron chi connectivity index (χ2n) is 6.93. The molecule has 1 aliphatic rings. The molecule has 2 aromatic carbocycles. The molecule has 0 atom stereocenters. The van der Waals surface area contributed by atoms with Crippen molar-refractivity contribution in [2.24, 2.45) is 4.99 Å². The zero-order valence-electron chi connectivity index (χ0n) is 16.9. The molecule has 2 aromatic heterocycles. The molecule has 0 aliphatic carbocycles. The van der Waals surface area contributed by atoms with Gasteiger partial charge in [-0.1, -0.05) is 41.9 Å². The van der Waals surface area contributed by atoms with Crippen LogP contribution in [0.5, 0.6) is 0 Å². The Hall–Kier alpha value is -3.13. The van der Waals surface area contributed by atoms with E-state index in [4.69, 9.17) is 16.0 Å². The Morgan fingerprint density at radius 3 is 2.59 bits per heavy atom. The Morgan fingerprint density at radius 2 is 1.84 bits per heavy atom. The summed E-state index contributed by atoms with van der Waals surface area (Å²) in [5.41, 5.74) is 2.45. The van der Waals surface area contributed by atoms with Gasteiger partial charge in [0, 0.05) is 17.0 Å². The minimum atomic E-state index is -0.163. The molecule has 0 bridgehead atoms. The van der Waals surface area contributed by atoms with Crippen molar-refractivity contribution in [2.45, 2.75) is 6.92 Å². The fourth-order valence-corrected chi connectivity index (χ4v) is 5.11. The number of furan rings is 1. The van der Waals surface area contributed by atoms with E-state index in [9.17, 15) is 4.79 Å². The van der Waals surface area contributed by atoms with Gasteiger partial charge in [-0.2, -0.15) is 4.99 Å². The van der Waals surface area contributed by atoms with Crippen molar-refractivity contribution in [1.82, 2.24) is 4.98 Å². The zero-order chi connectivity index (χ0) is 22.1. The number of aryl methyl sites for hydroxylation is 1. The number of carbonyl (C=O) groups excluding carboxylic acids is 1. The van der Waals surface area contributed by atoms with E-state index >= 15 is 0 Å². The molecule has 0 N–H and O–H groups in total. The molecular weight excluding hydrogens is 462 g/mol. The number of aromatic nitrogens is 1. The lowest BCUT2D eigenvalue weighted by Crippen LogP contribution is -2.28. The van der Waals surface area contributed by atoms with E-state index < -0.39 is 0 Å². The molecule has 0 radical (unpaired) electrons. The van der Waals surface area contributed by atoms with Crippen LogP contribution in [0.4, 0.5) is 10.8 Å². The molecule has 3 heterocycles. The SMILES string of the molecule is Cc1csc(/N=C2/S/C(=C/c3ccc(-c4ccccc4Cl)o3)C(=O)N2c2ccccc2)n1. The molecule has 1 fully saturated rings. The Balaban J connectivity index is 1.51. The van der Waals surface area contributed by atoms with E-state index in [1.807, 2.05) is 79.0 Å². The van der Waals surface area contributed by atoms with Crippen molar-refractivity contribution in [3.05, 3.63) is 93.5 Å². The van der Waals surface area contributed by atoms with E-state index in [0.717, 1.165) is 16.9 Å². The summed E-state index contributed by atoms with van der Waals surface area (Å²) in [4.78, 5) is 24.5. The summed E-state index contributed by atoms with van der Waals surface area (Å²) in [6.07, 6.45) is 1.74. The summed E-state index contributed by atoms with van der Waals surface area (Å²) in [5.74, 6) is 1.05. The molecular formula is C24H16ClN3O2S2. The number of benzene rings is 2. The van der Waals surface area contributed by atoms with Gasteiger partial charge in [-0.3, -0.25) is 9.69 Å². The topological polar surface area (TPSA) is 58.7 Å². The van der Waals surface area contributed by atoms with Crippen LogP contribution in [0.1, 0.15) is 11.5 Å². The van der Waals surface area contributed by atoms with Crippen molar-refractivity contribution in [1.29, 1.82) is 0 Å². The maximum absolute atomic E-state index is 13.3. The quantitative estimate of drug-likeness (QED) is 0.292. The van der Waals surface area contributed by atoms with Crippen molar-refractivity contribution >= 4 is 62.7 Å². The second-order valence-corrected chi connectivity index (χ2v) is 9.19. The van der Waals surface area contributed by atoms with Crippen LogP contribution in [-0.4, -0.2) is 16.1 Å². The highest BCUT2D eigenvalue weighted by Crippen LogP contribution is 2.38. The van der Waals surface area contributed by atoms with Crippen LogP contribution in [0.3, 0.4) is 0 Å². The van der Waals surface area contributed by atoms with Crippen molar-refractivity contribution < 1.29 is 9.21 Å². The predicted octanol–water partition coefficient (Wildman–Crippen LogP) is 7.17. The fraction of sp³-hybridized carbons (Fsp3) is 0.0417. The maximum Gasteiger partial charge on any atom is 0.271 e. The summed E-state index contributed by atoms with van der Waals surface area (Å²) >= 11 is 9.02. The van der Waals surface area contributed by atoms with E-state index in [0.29, 0.717) is 31.7 Å². The fourth-order valence-electron chi connectivity index (χ4n) is 3.19. The standard InChI is InChI=1S/C24H16ClN3O2S2/c1-15-14-31-23(26-15)27-24-28(16-7-3-2-4-8-16)22(29)21(32-24)13-17-11-12-20(30-17)18-9-5-6-10-19(18)25/h2-14H,1H3/b21-13+,27-24+. The Morgan fingerprint density at radius 1 is 1.06 bits per heavy atom. The molecule has 0 unspecified atom stereocenters.